The van der Waals surface area contributed by atoms with Gasteiger partial charge >= 0.3 is 0 Å². The second-order valence-electron chi connectivity index (χ2n) is 4.24. The van der Waals surface area contributed by atoms with E-state index in [4.69, 9.17) is 9.47 Å². The van der Waals surface area contributed by atoms with E-state index in [1.165, 1.54) is 12.3 Å². The molecule has 99 valence electrons. The lowest BCUT2D eigenvalue weighted by atomic mass is 10.2. The first-order chi connectivity index (χ1) is 9.78. The first kappa shape index (κ1) is 12.3. The summed E-state index contributed by atoms with van der Waals surface area (Å²) in [6.07, 6.45) is 1.50. The fourth-order valence-electron chi connectivity index (χ4n) is 2.02. The predicted octanol–water partition coefficient (Wildman–Crippen LogP) is 4.18. The zero-order valence-corrected chi connectivity index (χ0v) is 10.9. The highest BCUT2D eigenvalue weighted by Crippen LogP contribution is 2.35. The third-order valence-corrected chi connectivity index (χ3v) is 2.96. The van der Waals surface area contributed by atoms with Gasteiger partial charge in [0.1, 0.15) is 17.2 Å². The molecule has 1 radical (unpaired) electrons. The minimum atomic E-state index is -0.103. The van der Waals surface area contributed by atoms with Gasteiger partial charge in [-0.2, -0.15) is 0 Å². The van der Waals surface area contributed by atoms with E-state index in [-0.39, 0.29) is 5.75 Å². The Labute approximate surface area is 116 Å². The molecule has 0 bridgehead atoms. The van der Waals surface area contributed by atoms with Crippen LogP contribution in [0.25, 0.3) is 10.9 Å². The van der Waals surface area contributed by atoms with E-state index in [1.807, 2.05) is 24.3 Å². The van der Waals surface area contributed by atoms with Crippen molar-refractivity contribution < 1.29 is 14.6 Å². The third-order valence-electron chi connectivity index (χ3n) is 2.96. The second-order valence-corrected chi connectivity index (χ2v) is 4.24. The fraction of sp³-hybridized carbons (Fsp3) is 0.0625. The number of aromatic nitrogens is 1. The molecule has 3 aromatic rings. The van der Waals surface area contributed by atoms with Gasteiger partial charge in [0.15, 0.2) is 5.75 Å². The summed E-state index contributed by atoms with van der Waals surface area (Å²) in [5.74, 6) is 1.70. The maximum absolute atomic E-state index is 12.0. The lowest BCUT2D eigenvalue weighted by Gasteiger charge is -2.09. The second kappa shape index (κ2) is 5.09. The Morgan fingerprint density at radius 2 is 1.80 bits per heavy atom. The van der Waals surface area contributed by atoms with E-state index in [0.29, 0.717) is 28.2 Å². The van der Waals surface area contributed by atoms with Crippen molar-refractivity contribution in [2.45, 2.75) is 0 Å². The van der Waals surface area contributed by atoms with Crippen LogP contribution in [0.5, 0.6) is 23.0 Å². The number of nitrogens with zero attached hydrogens (tertiary/aromatic N) is 1. The molecule has 2 aromatic carbocycles. The summed E-state index contributed by atoms with van der Waals surface area (Å²) in [5.41, 5.74) is 0.623. The van der Waals surface area contributed by atoms with Gasteiger partial charge in [-0.1, -0.05) is 12.1 Å². The SMILES string of the molecule is COc1cccc(Oc2cccc3nccc([O])c23)c1. The maximum atomic E-state index is 12.0. The van der Waals surface area contributed by atoms with E-state index in [2.05, 4.69) is 4.98 Å². The van der Waals surface area contributed by atoms with E-state index in [1.54, 1.807) is 25.3 Å². The molecule has 0 amide bonds. The van der Waals surface area contributed by atoms with Crippen LogP contribution in [0.1, 0.15) is 0 Å². The van der Waals surface area contributed by atoms with E-state index in [9.17, 15) is 5.11 Å². The lowest BCUT2D eigenvalue weighted by molar-refractivity contribution is 0.358. The summed E-state index contributed by atoms with van der Waals surface area (Å²) >= 11 is 0. The highest BCUT2D eigenvalue weighted by molar-refractivity contribution is 5.90. The number of hydrogen-bond acceptors (Lipinski definition) is 3. The van der Waals surface area contributed by atoms with Gasteiger partial charge in [-0.25, -0.2) is 0 Å². The summed E-state index contributed by atoms with van der Waals surface area (Å²) in [7, 11) is 1.59. The van der Waals surface area contributed by atoms with Gasteiger partial charge < -0.3 is 9.47 Å². The van der Waals surface area contributed by atoms with Crippen LogP contribution in [0.4, 0.5) is 0 Å². The van der Waals surface area contributed by atoms with E-state index in [0.717, 1.165) is 0 Å². The molecule has 1 heterocycles. The zero-order valence-electron chi connectivity index (χ0n) is 10.9. The fourth-order valence-corrected chi connectivity index (χ4v) is 2.02. The van der Waals surface area contributed by atoms with Crippen LogP contribution in [0.2, 0.25) is 0 Å². The molecule has 0 aliphatic carbocycles. The van der Waals surface area contributed by atoms with Gasteiger partial charge in [-0.05, 0) is 24.3 Å². The van der Waals surface area contributed by atoms with Gasteiger partial charge in [0.25, 0.3) is 0 Å². The molecule has 0 aliphatic heterocycles. The molecule has 0 saturated heterocycles. The van der Waals surface area contributed by atoms with Crippen molar-refractivity contribution in [3.63, 3.8) is 0 Å². The average molecular weight is 266 g/mol. The van der Waals surface area contributed by atoms with E-state index < -0.39 is 0 Å². The normalized spacial score (nSPS) is 10.4. The summed E-state index contributed by atoms with van der Waals surface area (Å²) in [5, 5.41) is 12.5. The highest BCUT2D eigenvalue weighted by Gasteiger charge is 2.10. The van der Waals surface area contributed by atoms with Crippen LogP contribution in [-0.4, -0.2) is 12.1 Å². The predicted molar refractivity (Wildman–Crippen MR) is 74.9 cm³/mol. The van der Waals surface area contributed by atoms with Crippen LogP contribution in [0, 0.1) is 0 Å². The number of fused-ring (bicyclic) bond motifs is 1. The third kappa shape index (κ3) is 2.23. The topological polar surface area (TPSA) is 51.2 Å². The van der Waals surface area contributed by atoms with Crippen molar-refractivity contribution in [2.24, 2.45) is 0 Å². The maximum Gasteiger partial charge on any atom is 0.193 e. The molecule has 20 heavy (non-hydrogen) atoms. The summed E-state index contributed by atoms with van der Waals surface area (Å²) in [6.45, 7) is 0. The Morgan fingerprint density at radius 1 is 1.00 bits per heavy atom. The van der Waals surface area contributed by atoms with Gasteiger partial charge in [0.2, 0.25) is 0 Å². The first-order valence-electron chi connectivity index (χ1n) is 6.14. The molecule has 0 spiro atoms. The Hall–Kier alpha value is -2.75. The Morgan fingerprint density at radius 3 is 2.65 bits per heavy atom. The highest BCUT2D eigenvalue weighted by atomic mass is 16.5. The number of pyridine rings is 1. The smallest absolute Gasteiger partial charge is 0.193 e. The quantitative estimate of drug-likeness (QED) is 0.714. The molecule has 0 unspecified atom stereocenters. The molecule has 3 rings (SSSR count). The minimum Gasteiger partial charge on any atom is -0.497 e. The van der Waals surface area contributed by atoms with Crippen LogP contribution in [0.15, 0.2) is 54.7 Å². The molecule has 0 atom stereocenters. The molecule has 1 aromatic heterocycles. The monoisotopic (exact) mass is 266 g/mol. The summed E-state index contributed by atoms with van der Waals surface area (Å²) < 4.78 is 10.9. The molecular formula is C16H12NO3. The van der Waals surface area contributed by atoms with Gasteiger partial charge in [0, 0.05) is 18.3 Å². The van der Waals surface area contributed by atoms with Gasteiger partial charge in [0.05, 0.1) is 18.0 Å². The molecule has 0 N–H and O–H groups in total. The summed E-state index contributed by atoms with van der Waals surface area (Å²) in [4.78, 5) is 4.17. The standard InChI is InChI=1S/C16H12NO3/c1-19-11-4-2-5-12(10-11)20-15-7-3-6-13-16(15)14(18)8-9-17-13/h2-10H,1H3. The number of methoxy groups -OCH3 is 1. The van der Waals surface area contributed by atoms with Crippen LogP contribution in [-0.2, 0) is 5.11 Å². The number of benzene rings is 2. The molecule has 0 aliphatic rings. The Bertz CT molecular complexity index is 750. The van der Waals surface area contributed by atoms with Crippen molar-refractivity contribution in [3.8, 4) is 23.0 Å². The first-order valence-corrected chi connectivity index (χ1v) is 6.14. The average Bonchev–Trinajstić information content (AvgIpc) is 2.48. The van der Waals surface area contributed by atoms with Crippen molar-refractivity contribution in [2.75, 3.05) is 7.11 Å². The molecular weight excluding hydrogens is 254 g/mol. The van der Waals surface area contributed by atoms with Crippen LogP contribution in [0.3, 0.4) is 0 Å². The van der Waals surface area contributed by atoms with Crippen LogP contribution >= 0.6 is 0 Å². The largest absolute Gasteiger partial charge is 0.497 e. The minimum absolute atomic E-state index is 0.103. The summed E-state index contributed by atoms with van der Waals surface area (Å²) in [6, 6.07) is 14.0. The van der Waals surface area contributed by atoms with Crippen molar-refractivity contribution in [3.05, 3.63) is 54.7 Å². The molecule has 0 fully saturated rings. The molecule has 4 nitrogen and oxygen atoms in total. The molecule has 4 heteroatoms. The Kier molecular flexibility index (Phi) is 3.13. The van der Waals surface area contributed by atoms with Crippen molar-refractivity contribution in [1.29, 1.82) is 0 Å². The number of hydrogen-bond donors (Lipinski definition) is 0. The number of ether oxygens (including phenoxy) is 2. The lowest BCUT2D eigenvalue weighted by Crippen LogP contribution is -1.88. The Balaban J connectivity index is 2.06. The van der Waals surface area contributed by atoms with Gasteiger partial charge in [-0.3, -0.25) is 10.1 Å². The zero-order chi connectivity index (χ0) is 13.9. The van der Waals surface area contributed by atoms with Crippen LogP contribution < -0.4 is 9.47 Å². The van der Waals surface area contributed by atoms with E-state index >= 15 is 0 Å². The van der Waals surface area contributed by atoms with Gasteiger partial charge in [-0.15, -0.1) is 0 Å². The van der Waals surface area contributed by atoms with Crippen molar-refractivity contribution in [1.82, 2.24) is 4.98 Å². The van der Waals surface area contributed by atoms with Crippen molar-refractivity contribution >= 4 is 10.9 Å². The molecule has 0 saturated carbocycles. The number of rotatable bonds is 3.